The van der Waals surface area contributed by atoms with Crippen LogP contribution in [-0.2, 0) is 6.42 Å². The van der Waals surface area contributed by atoms with Crippen molar-refractivity contribution in [1.29, 1.82) is 0 Å². The van der Waals surface area contributed by atoms with Crippen LogP contribution in [0.15, 0.2) is 24.3 Å². The summed E-state index contributed by atoms with van der Waals surface area (Å²) in [5.74, 6) is 0.562. The summed E-state index contributed by atoms with van der Waals surface area (Å²) < 4.78 is 0. The van der Waals surface area contributed by atoms with Gasteiger partial charge >= 0.3 is 0 Å². The number of hydrogen-bond acceptors (Lipinski definition) is 2. The van der Waals surface area contributed by atoms with Crippen LogP contribution in [0.5, 0.6) is 0 Å². The number of nitrogens with one attached hydrogen (secondary N) is 1. The van der Waals surface area contributed by atoms with Gasteiger partial charge in [0.15, 0.2) is 0 Å². The number of rotatable bonds is 5. The molecule has 0 fully saturated rings. The van der Waals surface area contributed by atoms with Gasteiger partial charge in [-0.15, -0.1) is 0 Å². The minimum atomic E-state index is -0.325. The van der Waals surface area contributed by atoms with E-state index in [1.54, 1.807) is 0 Å². The first kappa shape index (κ1) is 15.2. The number of aliphatic hydroxyl groups is 1. The maximum Gasteiger partial charge on any atom is 0.0705 e. The number of aliphatic hydroxyl groups excluding tert-OH is 1. The van der Waals surface area contributed by atoms with Crippen LogP contribution >= 0.6 is 0 Å². The third kappa shape index (κ3) is 5.65. The number of hydrogen-bond donors (Lipinski definition) is 2. The molecular weight excluding hydrogens is 222 g/mol. The van der Waals surface area contributed by atoms with E-state index in [0.717, 1.165) is 0 Å². The quantitative estimate of drug-likeness (QED) is 0.840. The maximum absolute atomic E-state index is 9.98. The van der Waals surface area contributed by atoms with Gasteiger partial charge in [0, 0.05) is 12.1 Å². The van der Waals surface area contributed by atoms with Crippen LogP contribution in [-0.4, -0.2) is 23.3 Å². The molecule has 1 atom stereocenters. The molecule has 0 aliphatic heterocycles. The average Bonchev–Trinajstić information content (AvgIpc) is 2.26. The lowest BCUT2D eigenvalue weighted by Crippen LogP contribution is -2.41. The van der Waals surface area contributed by atoms with E-state index in [-0.39, 0.29) is 11.6 Å². The van der Waals surface area contributed by atoms with E-state index in [9.17, 15) is 5.11 Å². The van der Waals surface area contributed by atoms with Gasteiger partial charge in [0.1, 0.15) is 0 Å². The molecule has 18 heavy (non-hydrogen) atoms. The summed E-state index contributed by atoms with van der Waals surface area (Å²) in [4.78, 5) is 0. The van der Waals surface area contributed by atoms with E-state index in [0.29, 0.717) is 18.9 Å². The second-order valence-corrected chi connectivity index (χ2v) is 6.39. The average molecular weight is 249 g/mol. The zero-order chi connectivity index (χ0) is 13.8. The molecule has 0 radical (unpaired) electrons. The summed E-state index contributed by atoms with van der Waals surface area (Å²) in [6.45, 7) is 11.3. The molecular formula is C16H27NO. The van der Waals surface area contributed by atoms with E-state index >= 15 is 0 Å². The second kappa shape index (κ2) is 6.35. The Morgan fingerprint density at radius 2 is 1.67 bits per heavy atom. The predicted octanol–water partition coefficient (Wildman–Crippen LogP) is 3.10. The highest BCUT2D eigenvalue weighted by Crippen LogP contribution is 2.15. The third-order valence-electron chi connectivity index (χ3n) is 2.99. The largest absolute Gasteiger partial charge is 0.391 e. The Kier molecular flexibility index (Phi) is 5.36. The zero-order valence-electron chi connectivity index (χ0n) is 12.3. The molecule has 0 heterocycles. The van der Waals surface area contributed by atoms with Gasteiger partial charge in [0.05, 0.1) is 6.10 Å². The molecule has 2 nitrogen and oxygen atoms in total. The smallest absolute Gasteiger partial charge is 0.0705 e. The van der Waals surface area contributed by atoms with Crippen molar-refractivity contribution in [1.82, 2.24) is 5.32 Å². The Balaban J connectivity index is 2.47. The number of β-amino-alcohol motifs (C(OH)–C–C–N with tert-alkyl or cyclic N) is 1. The van der Waals surface area contributed by atoms with Crippen LogP contribution < -0.4 is 5.32 Å². The van der Waals surface area contributed by atoms with Gasteiger partial charge in [-0.2, -0.15) is 0 Å². The van der Waals surface area contributed by atoms with Crippen molar-refractivity contribution in [3.63, 3.8) is 0 Å². The predicted molar refractivity (Wildman–Crippen MR) is 78.0 cm³/mol. The summed E-state index contributed by atoms with van der Waals surface area (Å²) in [7, 11) is 0. The normalized spacial score (nSPS) is 13.9. The molecule has 2 N–H and O–H groups in total. The van der Waals surface area contributed by atoms with Crippen LogP contribution in [0.1, 0.15) is 51.7 Å². The molecule has 0 spiro atoms. The molecule has 0 aliphatic carbocycles. The van der Waals surface area contributed by atoms with Crippen molar-refractivity contribution in [3.05, 3.63) is 35.4 Å². The molecule has 2 heteroatoms. The fourth-order valence-electron chi connectivity index (χ4n) is 1.81. The van der Waals surface area contributed by atoms with Crippen molar-refractivity contribution in [2.45, 2.75) is 58.6 Å². The van der Waals surface area contributed by atoms with Gasteiger partial charge in [0.2, 0.25) is 0 Å². The van der Waals surface area contributed by atoms with E-state index in [2.05, 4.69) is 64.2 Å². The Morgan fingerprint density at radius 1 is 1.11 bits per heavy atom. The molecule has 0 amide bonds. The standard InChI is InChI=1S/C16H27NO/c1-12(2)14-8-6-13(7-9-14)10-15(18)11-17-16(3,4)5/h6-9,12,15,17-18H,10-11H2,1-5H3. The first-order valence-electron chi connectivity index (χ1n) is 6.80. The summed E-state index contributed by atoms with van der Waals surface area (Å²) in [6.07, 6.45) is 0.385. The van der Waals surface area contributed by atoms with Gasteiger partial charge in [-0.3, -0.25) is 0 Å². The monoisotopic (exact) mass is 249 g/mol. The summed E-state index contributed by atoms with van der Waals surface area (Å²) in [5.41, 5.74) is 2.60. The molecule has 1 aromatic carbocycles. The SMILES string of the molecule is CC(C)c1ccc(CC(O)CNC(C)(C)C)cc1. The van der Waals surface area contributed by atoms with Gasteiger partial charge < -0.3 is 10.4 Å². The van der Waals surface area contributed by atoms with Crippen LogP contribution in [0.2, 0.25) is 0 Å². The molecule has 0 bridgehead atoms. The minimum Gasteiger partial charge on any atom is -0.391 e. The Morgan fingerprint density at radius 3 is 2.11 bits per heavy atom. The minimum absolute atomic E-state index is 0.0580. The highest BCUT2D eigenvalue weighted by atomic mass is 16.3. The van der Waals surface area contributed by atoms with E-state index < -0.39 is 0 Å². The summed E-state index contributed by atoms with van der Waals surface area (Å²) in [6, 6.07) is 8.55. The molecule has 0 aromatic heterocycles. The van der Waals surface area contributed by atoms with Crippen LogP contribution in [0.4, 0.5) is 0 Å². The van der Waals surface area contributed by atoms with Crippen molar-refractivity contribution >= 4 is 0 Å². The van der Waals surface area contributed by atoms with Crippen molar-refractivity contribution in [2.24, 2.45) is 0 Å². The third-order valence-corrected chi connectivity index (χ3v) is 2.99. The van der Waals surface area contributed by atoms with Gasteiger partial charge in [-0.25, -0.2) is 0 Å². The second-order valence-electron chi connectivity index (χ2n) is 6.39. The molecule has 1 aromatic rings. The summed E-state index contributed by atoms with van der Waals surface area (Å²) >= 11 is 0. The molecule has 1 rings (SSSR count). The van der Waals surface area contributed by atoms with Crippen molar-refractivity contribution < 1.29 is 5.11 Å². The zero-order valence-corrected chi connectivity index (χ0v) is 12.3. The van der Waals surface area contributed by atoms with Crippen molar-refractivity contribution in [3.8, 4) is 0 Å². The Bertz CT molecular complexity index is 348. The summed E-state index contributed by atoms with van der Waals surface area (Å²) in [5, 5.41) is 13.3. The molecule has 0 aliphatic rings. The Labute approximate surface area is 111 Å². The number of benzene rings is 1. The highest BCUT2D eigenvalue weighted by Gasteiger charge is 2.12. The van der Waals surface area contributed by atoms with Gasteiger partial charge in [-0.05, 0) is 44.2 Å². The molecule has 1 unspecified atom stereocenters. The van der Waals surface area contributed by atoms with Gasteiger partial charge in [0.25, 0.3) is 0 Å². The first-order valence-corrected chi connectivity index (χ1v) is 6.80. The topological polar surface area (TPSA) is 32.3 Å². The van der Waals surface area contributed by atoms with E-state index in [1.807, 2.05) is 0 Å². The Hall–Kier alpha value is -0.860. The maximum atomic E-state index is 9.98. The lowest BCUT2D eigenvalue weighted by molar-refractivity contribution is 0.161. The van der Waals surface area contributed by atoms with Gasteiger partial charge in [-0.1, -0.05) is 38.1 Å². The highest BCUT2D eigenvalue weighted by molar-refractivity contribution is 5.25. The molecule has 102 valence electrons. The van der Waals surface area contributed by atoms with E-state index in [4.69, 9.17) is 0 Å². The first-order chi connectivity index (χ1) is 8.28. The van der Waals surface area contributed by atoms with Crippen LogP contribution in [0.3, 0.4) is 0 Å². The molecule has 0 saturated heterocycles. The van der Waals surface area contributed by atoms with Crippen LogP contribution in [0, 0.1) is 0 Å². The fraction of sp³-hybridized carbons (Fsp3) is 0.625. The fourth-order valence-corrected chi connectivity index (χ4v) is 1.81. The van der Waals surface area contributed by atoms with Crippen LogP contribution in [0.25, 0.3) is 0 Å². The lowest BCUT2D eigenvalue weighted by atomic mass is 9.99. The lowest BCUT2D eigenvalue weighted by Gasteiger charge is -2.23. The molecule has 0 saturated carbocycles. The van der Waals surface area contributed by atoms with E-state index in [1.165, 1.54) is 11.1 Å². The van der Waals surface area contributed by atoms with Crippen molar-refractivity contribution in [2.75, 3.05) is 6.54 Å².